The van der Waals surface area contributed by atoms with Gasteiger partial charge in [-0.1, -0.05) is 29.2 Å². The van der Waals surface area contributed by atoms with E-state index in [0.29, 0.717) is 25.4 Å². The number of esters is 1. The molecule has 0 saturated carbocycles. The maximum atomic E-state index is 10.9. The van der Waals surface area contributed by atoms with Crippen molar-refractivity contribution in [1.29, 1.82) is 0 Å². The van der Waals surface area contributed by atoms with Crippen molar-refractivity contribution in [2.45, 2.75) is 24.2 Å². The molecule has 3 nitrogen and oxygen atoms in total. The summed E-state index contributed by atoms with van der Waals surface area (Å²) < 4.78 is 10.3. The van der Waals surface area contributed by atoms with Gasteiger partial charge in [0.1, 0.15) is 6.61 Å². The van der Waals surface area contributed by atoms with E-state index in [4.69, 9.17) is 9.47 Å². The molecule has 0 spiro atoms. The lowest BCUT2D eigenvalue weighted by atomic mass is 10.2. The maximum Gasteiger partial charge on any atom is 0.333 e. The Morgan fingerprint density at radius 2 is 2.00 bits per heavy atom. The summed E-state index contributed by atoms with van der Waals surface area (Å²) >= 11 is 2.31. The van der Waals surface area contributed by atoms with Crippen LogP contribution in [-0.2, 0) is 14.3 Å². The highest BCUT2D eigenvalue weighted by Gasteiger charge is 2.12. The SMILES string of the molecule is C=C(C)C(=O)OCCOCC(C)(C)I. The second-order valence-electron chi connectivity index (χ2n) is 3.69. The van der Waals surface area contributed by atoms with Gasteiger partial charge in [-0.15, -0.1) is 0 Å². The Morgan fingerprint density at radius 3 is 2.43 bits per heavy atom. The van der Waals surface area contributed by atoms with Crippen molar-refractivity contribution in [2.24, 2.45) is 0 Å². The molecule has 0 aromatic carbocycles. The summed E-state index contributed by atoms with van der Waals surface area (Å²) in [6, 6.07) is 0. The molecule has 0 heterocycles. The summed E-state index contributed by atoms with van der Waals surface area (Å²) in [7, 11) is 0. The number of halogens is 1. The van der Waals surface area contributed by atoms with E-state index < -0.39 is 0 Å². The first-order chi connectivity index (χ1) is 6.33. The Kier molecular flexibility index (Phi) is 6.35. The molecule has 0 radical (unpaired) electrons. The molecule has 0 aromatic heterocycles. The fraction of sp³-hybridized carbons (Fsp3) is 0.700. The Bertz CT molecular complexity index is 206. The number of alkyl halides is 1. The first kappa shape index (κ1) is 13.9. The van der Waals surface area contributed by atoms with Crippen LogP contribution >= 0.6 is 22.6 Å². The minimum absolute atomic E-state index is 0.121. The van der Waals surface area contributed by atoms with Gasteiger partial charge in [0.25, 0.3) is 0 Å². The molecule has 0 aliphatic rings. The number of hydrogen-bond acceptors (Lipinski definition) is 3. The first-order valence-corrected chi connectivity index (χ1v) is 5.50. The predicted molar refractivity (Wildman–Crippen MR) is 64.7 cm³/mol. The van der Waals surface area contributed by atoms with Gasteiger partial charge in [-0.3, -0.25) is 0 Å². The Hall–Kier alpha value is -0.100. The molecule has 0 unspecified atom stereocenters. The van der Waals surface area contributed by atoms with E-state index in [-0.39, 0.29) is 9.39 Å². The largest absolute Gasteiger partial charge is 0.460 e. The molecular weight excluding hydrogens is 295 g/mol. The van der Waals surface area contributed by atoms with Crippen LogP contribution in [0, 0.1) is 0 Å². The number of carbonyl (C=O) groups excluding carboxylic acids is 1. The second kappa shape index (κ2) is 6.40. The Morgan fingerprint density at radius 1 is 1.43 bits per heavy atom. The van der Waals surface area contributed by atoms with Crippen LogP contribution in [-0.4, -0.2) is 29.2 Å². The summed E-state index contributed by atoms with van der Waals surface area (Å²) in [5.74, 6) is -0.359. The van der Waals surface area contributed by atoms with Gasteiger partial charge in [0, 0.05) is 8.99 Å². The normalized spacial score (nSPS) is 11.1. The van der Waals surface area contributed by atoms with Gasteiger partial charge in [0.15, 0.2) is 0 Å². The van der Waals surface area contributed by atoms with Crippen molar-refractivity contribution in [1.82, 2.24) is 0 Å². The molecular formula is C10H17IO3. The molecule has 82 valence electrons. The van der Waals surface area contributed by atoms with Crippen LogP contribution in [0.25, 0.3) is 0 Å². The van der Waals surface area contributed by atoms with E-state index in [1.54, 1.807) is 6.92 Å². The molecule has 4 heteroatoms. The number of ether oxygens (including phenoxy) is 2. The van der Waals surface area contributed by atoms with Crippen molar-refractivity contribution in [3.05, 3.63) is 12.2 Å². The van der Waals surface area contributed by atoms with Crippen LogP contribution in [0.4, 0.5) is 0 Å². The van der Waals surface area contributed by atoms with Crippen LogP contribution in [0.1, 0.15) is 20.8 Å². The van der Waals surface area contributed by atoms with E-state index >= 15 is 0 Å². The molecule has 0 N–H and O–H groups in total. The summed E-state index contributed by atoms with van der Waals surface area (Å²) in [4.78, 5) is 10.9. The average molecular weight is 312 g/mol. The Labute approximate surface area is 99.0 Å². The van der Waals surface area contributed by atoms with Gasteiger partial charge in [-0.25, -0.2) is 4.79 Å². The lowest BCUT2D eigenvalue weighted by Crippen LogP contribution is -2.20. The molecule has 0 aliphatic heterocycles. The zero-order valence-electron chi connectivity index (χ0n) is 8.93. The third kappa shape index (κ3) is 8.50. The average Bonchev–Trinajstić information content (AvgIpc) is 2.01. The summed E-state index contributed by atoms with van der Waals surface area (Å²) in [5, 5.41) is 0. The number of rotatable bonds is 6. The van der Waals surface area contributed by atoms with E-state index in [2.05, 4.69) is 43.0 Å². The van der Waals surface area contributed by atoms with Gasteiger partial charge in [-0.2, -0.15) is 0 Å². The van der Waals surface area contributed by atoms with Crippen molar-refractivity contribution in [2.75, 3.05) is 19.8 Å². The van der Waals surface area contributed by atoms with Crippen LogP contribution in [0.5, 0.6) is 0 Å². The van der Waals surface area contributed by atoms with Crippen molar-refractivity contribution in [3.63, 3.8) is 0 Å². The van der Waals surface area contributed by atoms with Gasteiger partial charge >= 0.3 is 5.97 Å². The highest BCUT2D eigenvalue weighted by Crippen LogP contribution is 2.16. The predicted octanol–water partition coefficient (Wildman–Crippen LogP) is 2.34. The molecule has 0 bridgehead atoms. The fourth-order valence-electron chi connectivity index (χ4n) is 0.631. The molecule has 0 saturated heterocycles. The van der Waals surface area contributed by atoms with E-state index in [1.165, 1.54) is 0 Å². The standard InChI is InChI=1S/C10H17IO3/c1-8(2)9(12)14-6-5-13-7-10(3,4)11/h1,5-7H2,2-4H3. The maximum absolute atomic E-state index is 10.9. The van der Waals surface area contributed by atoms with Gasteiger partial charge in [0.2, 0.25) is 0 Å². The molecule has 0 rings (SSSR count). The first-order valence-electron chi connectivity index (χ1n) is 4.42. The Balaban J connectivity index is 3.39. The number of hydrogen-bond donors (Lipinski definition) is 0. The van der Waals surface area contributed by atoms with Gasteiger partial charge in [-0.05, 0) is 20.8 Å². The third-order valence-corrected chi connectivity index (χ3v) is 1.57. The molecule has 0 fully saturated rings. The molecule has 0 aliphatic carbocycles. The molecule has 0 amide bonds. The summed E-state index contributed by atoms with van der Waals surface area (Å²) in [6.45, 7) is 10.6. The lowest BCUT2D eigenvalue weighted by molar-refractivity contribution is -0.140. The van der Waals surface area contributed by atoms with E-state index in [1.807, 2.05) is 0 Å². The van der Waals surface area contributed by atoms with E-state index in [9.17, 15) is 4.79 Å². The second-order valence-corrected chi connectivity index (χ2v) is 6.61. The van der Waals surface area contributed by atoms with Crippen molar-refractivity contribution in [3.8, 4) is 0 Å². The number of carbonyl (C=O) groups is 1. The van der Waals surface area contributed by atoms with Gasteiger partial charge in [0.05, 0.1) is 13.2 Å². The van der Waals surface area contributed by atoms with Crippen LogP contribution < -0.4 is 0 Å². The quantitative estimate of drug-likeness (QED) is 0.248. The van der Waals surface area contributed by atoms with Crippen LogP contribution in [0.3, 0.4) is 0 Å². The summed E-state index contributed by atoms with van der Waals surface area (Å²) in [5.41, 5.74) is 0.416. The van der Waals surface area contributed by atoms with Crippen molar-refractivity contribution >= 4 is 28.6 Å². The lowest BCUT2D eigenvalue weighted by Gasteiger charge is -2.15. The molecule has 0 atom stereocenters. The zero-order valence-corrected chi connectivity index (χ0v) is 11.1. The van der Waals surface area contributed by atoms with E-state index in [0.717, 1.165) is 0 Å². The van der Waals surface area contributed by atoms with Crippen molar-refractivity contribution < 1.29 is 14.3 Å². The monoisotopic (exact) mass is 312 g/mol. The van der Waals surface area contributed by atoms with Crippen LogP contribution in [0.2, 0.25) is 0 Å². The zero-order chi connectivity index (χ0) is 11.2. The molecule has 14 heavy (non-hydrogen) atoms. The third-order valence-electron chi connectivity index (χ3n) is 1.25. The minimum atomic E-state index is -0.359. The fourth-order valence-corrected chi connectivity index (χ4v) is 0.852. The highest BCUT2D eigenvalue weighted by molar-refractivity contribution is 14.1. The molecule has 0 aromatic rings. The smallest absolute Gasteiger partial charge is 0.333 e. The minimum Gasteiger partial charge on any atom is -0.460 e. The summed E-state index contributed by atoms with van der Waals surface area (Å²) in [6.07, 6.45) is 0. The van der Waals surface area contributed by atoms with Gasteiger partial charge < -0.3 is 9.47 Å². The topological polar surface area (TPSA) is 35.5 Å². The van der Waals surface area contributed by atoms with Crippen LogP contribution in [0.15, 0.2) is 12.2 Å². The highest BCUT2D eigenvalue weighted by atomic mass is 127.